The van der Waals surface area contributed by atoms with E-state index in [0.29, 0.717) is 25.3 Å². The zero-order valence-electron chi connectivity index (χ0n) is 9.67. The molecule has 1 aromatic rings. The van der Waals surface area contributed by atoms with Crippen molar-refractivity contribution in [2.45, 2.75) is 13.8 Å². The van der Waals surface area contributed by atoms with Gasteiger partial charge in [0.1, 0.15) is 0 Å². The number of aryl methyl sites for hydroxylation is 1. The second-order valence-electron chi connectivity index (χ2n) is 3.67. The van der Waals surface area contributed by atoms with Gasteiger partial charge in [0.05, 0.1) is 25.0 Å². The highest BCUT2D eigenvalue weighted by atomic mass is 16.5. The molecule has 0 saturated heterocycles. The summed E-state index contributed by atoms with van der Waals surface area (Å²) in [6.07, 6.45) is 1.51. The lowest BCUT2D eigenvalue weighted by Crippen LogP contribution is -2.27. The Morgan fingerprint density at radius 1 is 1.69 bits per heavy atom. The van der Waals surface area contributed by atoms with Crippen molar-refractivity contribution in [3.63, 3.8) is 0 Å². The van der Waals surface area contributed by atoms with E-state index in [-0.39, 0.29) is 5.91 Å². The first-order valence-electron chi connectivity index (χ1n) is 5.11. The zero-order chi connectivity index (χ0) is 12.0. The number of carbonyl (C=O) groups excluding carboxylic acids is 1. The Balaban J connectivity index is 2.21. The van der Waals surface area contributed by atoms with Gasteiger partial charge in [-0.25, -0.2) is 0 Å². The van der Waals surface area contributed by atoms with E-state index in [1.807, 2.05) is 6.92 Å². The van der Waals surface area contributed by atoms with Gasteiger partial charge >= 0.3 is 0 Å². The third-order valence-corrected chi connectivity index (χ3v) is 1.95. The third-order valence-electron chi connectivity index (χ3n) is 1.95. The molecule has 0 atom stereocenters. The quantitative estimate of drug-likeness (QED) is 0.559. The largest absolute Gasteiger partial charge is 0.375 e. The Hall–Kier alpha value is -1.62. The van der Waals surface area contributed by atoms with E-state index in [1.54, 1.807) is 6.92 Å². The van der Waals surface area contributed by atoms with Crippen molar-refractivity contribution >= 4 is 5.91 Å². The molecule has 0 fully saturated rings. The lowest BCUT2D eigenvalue weighted by molar-refractivity contribution is 0.0926. The Morgan fingerprint density at radius 2 is 2.44 bits per heavy atom. The fourth-order valence-electron chi connectivity index (χ4n) is 1.16. The first-order chi connectivity index (χ1) is 7.61. The number of aromatic amines is 1. The standard InChI is InChI=1S/C11H17N3O2/c1-8(2)7-16-5-4-12-11(15)10-6-13-14-9(10)3/h6H,1,4-5,7H2,2-3H3,(H,12,15)(H,13,14). The molecule has 5 nitrogen and oxygen atoms in total. The molecule has 1 rings (SSSR count). The topological polar surface area (TPSA) is 67.0 Å². The number of rotatable bonds is 6. The van der Waals surface area contributed by atoms with E-state index in [4.69, 9.17) is 4.74 Å². The van der Waals surface area contributed by atoms with Crippen LogP contribution in [0.3, 0.4) is 0 Å². The molecule has 0 aliphatic heterocycles. The van der Waals surface area contributed by atoms with Crippen LogP contribution in [-0.4, -0.2) is 35.9 Å². The first kappa shape index (κ1) is 12.4. The van der Waals surface area contributed by atoms with Gasteiger partial charge in [-0.15, -0.1) is 0 Å². The number of hydrogen-bond acceptors (Lipinski definition) is 3. The van der Waals surface area contributed by atoms with Crippen LogP contribution in [0.15, 0.2) is 18.3 Å². The molecule has 1 heterocycles. The molecular formula is C11H17N3O2. The summed E-state index contributed by atoms with van der Waals surface area (Å²) in [5.41, 5.74) is 2.30. The highest BCUT2D eigenvalue weighted by molar-refractivity contribution is 5.94. The number of hydrogen-bond donors (Lipinski definition) is 2. The van der Waals surface area contributed by atoms with Crippen LogP contribution in [0, 0.1) is 6.92 Å². The van der Waals surface area contributed by atoms with E-state index in [0.717, 1.165) is 11.3 Å². The van der Waals surface area contributed by atoms with Crippen LogP contribution in [0.25, 0.3) is 0 Å². The summed E-state index contributed by atoms with van der Waals surface area (Å²) in [7, 11) is 0. The normalized spacial score (nSPS) is 10.1. The molecular weight excluding hydrogens is 206 g/mol. The van der Waals surface area contributed by atoms with Crippen molar-refractivity contribution in [3.05, 3.63) is 29.6 Å². The lowest BCUT2D eigenvalue weighted by atomic mass is 10.2. The summed E-state index contributed by atoms with van der Waals surface area (Å²) >= 11 is 0. The number of nitrogens with zero attached hydrogens (tertiary/aromatic N) is 1. The minimum Gasteiger partial charge on any atom is -0.375 e. The van der Waals surface area contributed by atoms with E-state index in [2.05, 4.69) is 22.1 Å². The van der Waals surface area contributed by atoms with Crippen molar-refractivity contribution in [1.29, 1.82) is 0 Å². The fraction of sp³-hybridized carbons (Fsp3) is 0.455. The number of carbonyl (C=O) groups is 1. The maximum atomic E-state index is 11.6. The van der Waals surface area contributed by atoms with Crippen molar-refractivity contribution < 1.29 is 9.53 Å². The van der Waals surface area contributed by atoms with Gasteiger partial charge in [0.25, 0.3) is 5.91 Å². The molecule has 16 heavy (non-hydrogen) atoms. The number of amides is 1. The van der Waals surface area contributed by atoms with Gasteiger partial charge in [-0.2, -0.15) is 5.10 Å². The second kappa shape index (κ2) is 6.07. The van der Waals surface area contributed by atoms with Crippen molar-refractivity contribution in [1.82, 2.24) is 15.5 Å². The first-order valence-corrected chi connectivity index (χ1v) is 5.11. The minimum absolute atomic E-state index is 0.134. The van der Waals surface area contributed by atoms with Gasteiger partial charge in [-0.3, -0.25) is 9.89 Å². The van der Waals surface area contributed by atoms with Gasteiger partial charge < -0.3 is 10.1 Å². The molecule has 88 valence electrons. The summed E-state index contributed by atoms with van der Waals surface area (Å²) in [5, 5.41) is 9.24. The Kier molecular flexibility index (Phi) is 4.72. The molecule has 2 N–H and O–H groups in total. The highest BCUT2D eigenvalue weighted by Crippen LogP contribution is 2.01. The molecule has 1 amide bonds. The molecule has 1 aromatic heterocycles. The molecule has 0 aromatic carbocycles. The number of aromatic nitrogens is 2. The molecule has 0 radical (unpaired) electrons. The molecule has 0 saturated carbocycles. The van der Waals surface area contributed by atoms with Crippen LogP contribution in [-0.2, 0) is 4.74 Å². The van der Waals surface area contributed by atoms with Gasteiger partial charge in [0.15, 0.2) is 0 Å². The summed E-state index contributed by atoms with van der Waals surface area (Å²) in [6.45, 7) is 8.91. The number of nitrogens with one attached hydrogen (secondary N) is 2. The summed E-state index contributed by atoms with van der Waals surface area (Å²) in [5.74, 6) is -0.134. The van der Waals surface area contributed by atoms with Crippen LogP contribution < -0.4 is 5.32 Å². The van der Waals surface area contributed by atoms with Gasteiger partial charge in [0, 0.05) is 12.2 Å². The van der Waals surface area contributed by atoms with Crippen LogP contribution in [0.4, 0.5) is 0 Å². The molecule has 0 bridgehead atoms. The smallest absolute Gasteiger partial charge is 0.254 e. The molecule has 5 heteroatoms. The minimum atomic E-state index is -0.134. The van der Waals surface area contributed by atoms with Crippen molar-refractivity contribution in [2.75, 3.05) is 19.8 Å². The maximum Gasteiger partial charge on any atom is 0.254 e. The molecule has 0 spiro atoms. The highest BCUT2D eigenvalue weighted by Gasteiger charge is 2.09. The Labute approximate surface area is 94.9 Å². The molecule has 0 unspecified atom stereocenters. The maximum absolute atomic E-state index is 11.6. The van der Waals surface area contributed by atoms with Gasteiger partial charge in [-0.05, 0) is 13.8 Å². The average molecular weight is 223 g/mol. The van der Waals surface area contributed by atoms with Crippen LogP contribution in [0.2, 0.25) is 0 Å². The van der Waals surface area contributed by atoms with Gasteiger partial charge in [0.2, 0.25) is 0 Å². The SMILES string of the molecule is C=C(C)COCCNC(=O)c1cn[nH]c1C. The fourth-order valence-corrected chi connectivity index (χ4v) is 1.16. The Bertz CT molecular complexity index is 371. The lowest BCUT2D eigenvalue weighted by Gasteiger charge is -2.05. The van der Waals surface area contributed by atoms with Crippen LogP contribution >= 0.6 is 0 Å². The average Bonchev–Trinajstić information content (AvgIpc) is 2.63. The second-order valence-corrected chi connectivity index (χ2v) is 3.67. The van der Waals surface area contributed by atoms with E-state index in [1.165, 1.54) is 6.20 Å². The van der Waals surface area contributed by atoms with Crippen LogP contribution in [0.1, 0.15) is 23.0 Å². The molecule has 0 aliphatic carbocycles. The van der Waals surface area contributed by atoms with E-state index >= 15 is 0 Å². The van der Waals surface area contributed by atoms with Crippen molar-refractivity contribution in [2.24, 2.45) is 0 Å². The van der Waals surface area contributed by atoms with E-state index < -0.39 is 0 Å². The predicted octanol–water partition coefficient (Wildman–Crippen LogP) is 1.04. The summed E-state index contributed by atoms with van der Waals surface area (Å²) in [4.78, 5) is 11.6. The third kappa shape index (κ3) is 3.86. The van der Waals surface area contributed by atoms with Crippen LogP contribution in [0.5, 0.6) is 0 Å². The van der Waals surface area contributed by atoms with Gasteiger partial charge in [-0.1, -0.05) is 12.2 Å². The zero-order valence-corrected chi connectivity index (χ0v) is 9.67. The number of H-pyrrole nitrogens is 1. The predicted molar refractivity (Wildman–Crippen MR) is 61.3 cm³/mol. The number of ether oxygens (including phenoxy) is 1. The molecule has 0 aliphatic rings. The monoisotopic (exact) mass is 223 g/mol. The van der Waals surface area contributed by atoms with Crippen molar-refractivity contribution in [3.8, 4) is 0 Å². The summed E-state index contributed by atoms with van der Waals surface area (Å²) in [6, 6.07) is 0. The summed E-state index contributed by atoms with van der Waals surface area (Å²) < 4.78 is 5.26. The Morgan fingerprint density at radius 3 is 3.00 bits per heavy atom. The van der Waals surface area contributed by atoms with E-state index in [9.17, 15) is 4.79 Å².